The number of rotatable bonds is 1. The summed E-state index contributed by atoms with van der Waals surface area (Å²) >= 11 is 0. The predicted molar refractivity (Wildman–Crippen MR) is 59.2 cm³/mol. The van der Waals surface area contributed by atoms with Crippen LogP contribution in [0.4, 0.5) is 0 Å². The van der Waals surface area contributed by atoms with Crippen molar-refractivity contribution in [1.82, 2.24) is 15.0 Å². The van der Waals surface area contributed by atoms with E-state index in [2.05, 4.69) is 15.0 Å². The molecule has 82 valence electrons. The molecule has 2 aromatic heterocycles. The van der Waals surface area contributed by atoms with Crippen molar-refractivity contribution in [1.29, 1.82) is 0 Å². The number of aryl methyl sites for hydroxylation is 1. The Bertz CT molecular complexity index is 573. The summed E-state index contributed by atoms with van der Waals surface area (Å²) in [5.41, 5.74) is 1.41. The van der Waals surface area contributed by atoms with Crippen LogP contribution in [0.15, 0.2) is 23.1 Å². The lowest BCUT2D eigenvalue weighted by Gasteiger charge is -2.02. The molecule has 0 spiro atoms. The zero-order chi connectivity index (χ0) is 11.7. The van der Waals surface area contributed by atoms with Crippen LogP contribution in [-0.4, -0.2) is 20.1 Å². The van der Waals surface area contributed by atoms with Gasteiger partial charge in [-0.25, -0.2) is 0 Å². The van der Waals surface area contributed by atoms with Gasteiger partial charge in [0.15, 0.2) is 0 Å². The molecular formula is C11H11N3O2. The van der Waals surface area contributed by atoms with Gasteiger partial charge in [-0.3, -0.25) is 9.78 Å². The number of hydrogen-bond acceptors (Lipinski definition) is 4. The average molecular weight is 217 g/mol. The maximum atomic E-state index is 11.4. The number of H-pyrrole nitrogens is 1. The minimum absolute atomic E-state index is 0.212. The summed E-state index contributed by atoms with van der Waals surface area (Å²) in [6, 6.07) is 3.60. The lowest BCUT2D eigenvalue weighted by molar-refractivity contribution is 0.447. The van der Waals surface area contributed by atoms with Gasteiger partial charge >= 0.3 is 0 Å². The van der Waals surface area contributed by atoms with E-state index in [1.54, 1.807) is 12.3 Å². The predicted octanol–water partition coefficient (Wildman–Crippen LogP) is 1.15. The van der Waals surface area contributed by atoms with E-state index in [0.717, 1.165) is 5.69 Å². The van der Waals surface area contributed by atoms with Crippen LogP contribution in [0.2, 0.25) is 0 Å². The minimum Gasteiger partial charge on any atom is -0.493 e. The molecule has 0 aliphatic carbocycles. The number of nitrogens with one attached hydrogen (secondary N) is 1. The molecule has 0 radical (unpaired) electrons. The number of pyridine rings is 1. The largest absolute Gasteiger partial charge is 0.493 e. The minimum atomic E-state index is -0.344. The fraction of sp³-hybridized carbons (Fsp3) is 0.182. The zero-order valence-corrected chi connectivity index (χ0v) is 8.98. The van der Waals surface area contributed by atoms with Gasteiger partial charge in [0.05, 0.1) is 5.56 Å². The summed E-state index contributed by atoms with van der Waals surface area (Å²) in [6.45, 7) is 3.38. The third-order valence-electron chi connectivity index (χ3n) is 2.31. The van der Waals surface area contributed by atoms with Crippen molar-refractivity contribution in [3.63, 3.8) is 0 Å². The lowest BCUT2D eigenvalue weighted by atomic mass is 10.2. The fourth-order valence-corrected chi connectivity index (χ4v) is 1.27. The highest BCUT2D eigenvalue weighted by molar-refractivity contribution is 5.54. The van der Waals surface area contributed by atoms with Crippen LogP contribution < -0.4 is 5.56 Å². The molecule has 0 aliphatic heterocycles. The maximum Gasteiger partial charge on any atom is 0.257 e. The van der Waals surface area contributed by atoms with E-state index in [9.17, 15) is 9.90 Å². The molecule has 2 N–H and O–H groups in total. The Hall–Kier alpha value is -2.17. The van der Waals surface area contributed by atoms with Crippen molar-refractivity contribution in [3.8, 4) is 17.3 Å². The molecule has 2 rings (SSSR count). The number of aromatic hydroxyl groups is 1. The first-order valence-electron chi connectivity index (χ1n) is 4.81. The zero-order valence-electron chi connectivity index (χ0n) is 8.98. The monoisotopic (exact) mass is 217 g/mol. The van der Waals surface area contributed by atoms with Gasteiger partial charge in [0.1, 0.15) is 5.82 Å². The lowest BCUT2D eigenvalue weighted by Crippen LogP contribution is -2.12. The van der Waals surface area contributed by atoms with E-state index >= 15 is 0 Å². The summed E-state index contributed by atoms with van der Waals surface area (Å²) in [6.07, 6.45) is 1.60. The highest BCUT2D eigenvalue weighted by atomic mass is 16.3. The van der Waals surface area contributed by atoms with E-state index < -0.39 is 0 Å². The Kier molecular flexibility index (Phi) is 2.44. The molecule has 5 nitrogen and oxygen atoms in total. The molecule has 0 unspecified atom stereocenters. The summed E-state index contributed by atoms with van der Waals surface area (Å²) in [7, 11) is 0. The van der Waals surface area contributed by atoms with Crippen molar-refractivity contribution in [2.45, 2.75) is 13.8 Å². The Morgan fingerprint density at radius 3 is 2.62 bits per heavy atom. The van der Waals surface area contributed by atoms with E-state index in [4.69, 9.17) is 0 Å². The van der Waals surface area contributed by atoms with Gasteiger partial charge in [0.25, 0.3) is 5.56 Å². The van der Waals surface area contributed by atoms with Crippen molar-refractivity contribution >= 4 is 0 Å². The van der Waals surface area contributed by atoms with Gasteiger partial charge in [-0.15, -0.1) is 0 Å². The highest BCUT2D eigenvalue weighted by Gasteiger charge is 2.07. The van der Waals surface area contributed by atoms with Crippen molar-refractivity contribution in [2.75, 3.05) is 0 Å². The van der Waals surface area contributed by atoms with Crippen molar-refractivity contribution < 1.29 is 5.11 Å². The molecule has 0 fully saturated rings. The van der Waals surface area contributed by atoms with Gasteiger partial charge < -0.3 is 10.1 Å². The van der Waals surface area contributed by atoms with Crippen LogP contribution in [0.1, 0.15) is 11.3 Å². The molecule has 0 atom stereocenters. The van der Waals surface area contributed by atoms with E-state index in [0.29, 0.717) is 11.4 Å². The van der Waals surface area contributed by atoms with Crippen LogP contribution in [0.3, 0.4) is 0 Å². The molecule has 0 saturated heterocycles. The Labute approximate surface area is 91.8 Å². The van der Waals surface area contributed by atoms with Crippen LogP contribution in [0.5, 0.6) is 5.88 Å². The quantitative estimate of drug-likeness (QED) is 0.751. The number of aromatic nitrogens is 3. The molecule has 5 heteroatoms. The van der Waals surface area contributed by atoms with Gasteiger partial charge in [-0.1, -0.05) is 0 Å². The van der Waals surface area contributed by atoms with E-state index in [1.165, 1.54) is 6.92 Å². The van der Waals surface area contributed by atoms with Crippen molar-refractivity contribution in [2.24, 2.45) is 0 Å². The molecule has 0 aliphatic rings. The molecule has 2 aromatic rings. The summed E-state index contributed by atoms with van der Waals surface area (Å²) in [5, 5.41) is 9.45. The number of hydrogen-bond donors (Lipinski definition) is 2. The van der Waals surface area contributed by atoms with Crippen LogP contribution in [-0.2, 0) is 0 Å². The highest BCUT2D eigenvalue weighted by Crippen LogP contribution is 2.16. The molecule has 0 saturated carbocycles. The van der Waals surface area contributed by atoms with Gasteiger partial charge in [-0.2, -0.15) is 4.98 Å². The first-order chi connectivity index (χ1) is 7.58. The van der Waals surface area contributed by atoms with Crippen LogP contribution in [0.25, 0.3) is 11.4 Å². The van der Waals surface area contributed by atoms with Crippen LogP contribution >= 0.6 is 0 Å². The van der Waals surface area contributed by atoms with Gasteiger partial charge in [0, 0.05) is 17.5 Å². The first-order valence-corrected chi connectivity index (χ1v) is 4.81. The number of nitrogens with zero attached hydrogens (tertiary/aromatic N) is 2. The maximum absolute atomic E-state index is 11.4. The first kappa shape index (κ1) is 10.4. The standard InChI is InChI=1S/C11H11N3O2/c1-6-3-4-8(5-12-6)9-13-10(15)7(2)11(16)14-9/h3-5H,1-2H3,(H2,13,14,15,16). The second-order valence-corrected chi connectivity index (χ2v) is 3.55. The van der Waals surface area contributed by atoms with Crippen molar-refractivity contribution in [3.05, 3.63) is 39.9 Å². The third-order valence-corrected chi connectivity index (χ3v) is 2.31. The molecule has 2 heterocycles. The molecular weight excluding hydrogens is 206 g/mol. The molecule has 0 aromatic carbocycles. The smallest absolute Gasteiger partial charge is 0.257 e. The Morgan fingerprint density at radius 1 is 1.31 bits per heavy atom. The van der Waals surface area contributed by atoms with Crippen LogP contribution in [0, 0.1) is 13.8 Å². The average Bonchev–Trinajstić information content (AvgIpc) is 2.26. The second kappa shape index (κ2) is 3.77. The van der Waals surface area contributed by atoms with E-state index in [1.807, 2.05) is 13.0 Å². The van der Waals surface area contributed by atoms with Gasteiger partial charge in [-0.05, 0) is 26.0 Å². The summed E-state index contributed by atoms with van der Waals surface area (Å²) in [4.78, 5) is 22.0. The molecule has 0 bridgehead atoms. The van der Waals surface area contributed by atoms with E-state index in [-0.39, 0.29) is 17.0 Å². The molecule has 0 amide bonds. The van der Waals surface area contributed by atoms with Gasteiger partial charge in [0.2, 0.25) is 5.88 Å². The summed E-state index contributed by atoms with van der Waals surface area (Å²) < 4.78 is 0. The third kappa shape index (κ3) is 1.79. The topological polar surface area (TPSA) is 78.9 Å². The Morgan fingerprint density at radius 2 is 2.06 bits per heavy atom. The SMILES string of the molecule is Cc1ccc(-c2nc(O)c(C)c(=O)[nH]2)cn1. The summed E-state index contributed by atoms with van der Waals surface area (Å²) in [5.74, 6) is 0.0694. The normalized spacial score (nSPS) is 10.4. The second-order valence-electron chi connectivity index (χ2n) is 3.55. The number of aromatic amines is 1. The molecule has 16 heavy (non-hydrogen) atoms. The Balaban J connectivity index is 2.57. The fourth-order valence-electron chi connectivity index (χ4n) is 1.27.